The SMILES string of the molecule is CCc1cc(Nc2ncc(Br)c(Nc3ccc4nccnc4c3NS(C)(=O)=O)n2)c(OC)cc1N1CCC(N2CCN(C3CCC4(CC3)CCN(c3ccc5c(c3)CN(C3CCC(=O)NC3=O)C5=O)CC4)CC2)CC1. The Hall–Kier alpha value is -6.16. The number of amides is 3. The van der Waals surface area contributed by atoms with Crippen molar-refractivity contribution >= 4 is 94.9 Å². The minimum Gasteiger partial charge on any atom is -0.494 e. The second kappa shape index (κ2) is 21.1. The minimum atomic E-state index is -3.65. The molecule has 75 heavy (non-hydrogen) atoms. The van der Waals surface area contributed by atoms with E-state index in [2.05, 4.69) is 102 Å². The van der Waals surface area contributed by atoms with Gasteiger partial charge in [0.15, 0.2) is 0 Å². The van der Waals surface area contributed by atoms with Crippen molar-refractivity contribution in [2.24, 2.45) is 5.41 Å². The van der Waals surface area contributed by atoms with Crippen molar-refractivity contribution in [2.75, 3.05) is 90.9 Å². The summed E-state index contributed by atoms with van der Waals surface area (Å²) in [6.07, 6.45) is 17.0. The fourth-order valence-electron chi connectivity index (χ4n) is 12.7. The first-order valence-corrected chi connectivity index (χ1v) is 29.2. The number of hydrogen-bond donors (Lipinski definition) is 4. The van der Waals surface area contributed by atoms with Crippen LogP contribution in [0.5, 0.6) is 5.75 Å². The summed E-state index contributed by atoms with van der Waals surface area (Å²) in [6.45, 7) is 11.1. The van der Waals surface area contributed by atoms with Crippen LogP contribution >= 0.6 is 15.9 Å². The van der Waals surface area contributed by atoms with E-state index in [1.54, 1.807) is 36.5 Å². The molecule has 7 heterocycles. The number of sulfonamides is 1. The number of anilines is 7. The maximum atomic E-state index is 13.3. The lowest BCUT2D eigenvalue weighted by atomic mass is 9.66. The Balaban J connectivity index is 0.652. The van der Waals surface area contributed by atoms with Crippen molar-refractivity contribution < 1.29 is 27.5 Å². The van der Waals surface area contributed by atoms with Gasteiger partial charge in [-0.15, -0.1) is 0 Å². The van der Waals surface area contributed by atoms with Crippen LogP contribution in [0.4, 0.5) is 40.2 Å². The number of carbonyl (C=O) groups is 3. The molecule has 0 bridgehead atoms. The Morgan fingerprint density at radius 2 is 1.52 bits per heavy atom. The van der Waals surface area contributed by atoms with Crippen molar-refractivity contribution in [3.8, 4) is 5.75 Å². The monoisotopic (exact) mass is 1100 g/mol. The summed E-state index contributed by atoms with van der Waals surface area (Å²) >= 11 is 3.56. The second-order valence-corrected chi connectivity index (χ2v) is 23.8. The Morgan fingerprint density at radius 1 is 0.800 bits per heavy atom. The third-order valence-electron chi connectivity index (χ3n) is 16.9. The normalized spacial score (nSPS) is 21.1. The lowest BCUT2D eigenvalue weighted by Crippen LogP contribution is -2.56. The molecule has 3 amide bonds. The molecular weight excluding hydrogens is 1040 g/mol. The van der Waals surface area contributed by atoms with Crippen LogP contribution in [0.25, 0.3) is 11.0 Å². The summed E-state index contributed by atoms with van der Waals surface area (Å²) < 4.78 is 34.0. The maximum Gasteiger partial charge on any atom is 0.255 e. The van der Waals surface area contributed by atoms with E-state index in [1.165, 1.54) is 56.0 Å². The standard InChI is InChI=1S/C54H66BrN13O6S/c1-4-34-30-43(60-53-58-32-40(55)50(62-53)59-42-8-7-41-48(57-20-19-56-41)49(42)63-75(3,72)73)46(74-2)31-45(34)67-21-13-37(14-22-67)66-27-25-65(26-28-66)36-11-15-54(16-12-36)17-23-64(24-18-54)38-5-6-39-35(29-38)33-68(52(39)71)44-9-10-47(69)61-51(44)70/h5-8,19-20,29-32,36-37,44,63H,4,9-18,21-28,33H2,1-3H3,(H,61,69,70)(H2,58,59,60,62). The largest absolute Gasteiger partial charge is 0.494 e. The molecule has 396 valence electrons. The number of rotatable bonds is 13. The first-order chi connectivity index (χ1) is 36.2. The maximum absolute atomic E-state index is 13.3. The van der Waals surface area contributed by atoms with Crippen molar-refractivity contribution in [3.63, 3.8) is 0 Å². The van der Waals surface area contributed by atoms with E-state index in [0.717, 1.165) is 94.8 Å². The van der Waals surface area contributed by atoms with Gasteiger partial charge in [-0.05, 0) is 133 Å². The van der Waals surface area contributed by atoms with Gasteiger partial charge in [0, 0.05) is 119 Å². The molecule has 4 N–H and O–H groups in total. The summed E-state index contributed by atoms with van der Waals surface area (Å²) in [5, 5.41) is 9.05. The van der Waals surface area contributed by atoms with Crippen molar-refractivity contribution in [2.45, 2.75) is 102 Å². The number of hydrogen-bond acceptors (Lipinski definition) is 16. The summed E-state index contributed by atoms with van der Waals surface area (Å²) in [6, 6.07) is 14.6. The number of halogens is 1. The van der Waals surface area contributed by atoms with Crippen molar-refractivity contribution in [1.29, 1.82) is 0 Å². The van der Waals surface area contributed by atoms with E-state index in [9.17, 15) is 22.8 Å². The van der Waals surface area contributed by atoms with Crippen LogP contribution in [0.2, 0.25) is 0 Å². The van der Waals surface area contributed by atoms with E-state index in [4.69, 9.17) is 9.72 Å². The number of carbonyl (C=O) groups excluding carboxylic acids is 3. The molecule has 1 atom stereocenters. The van der Waals surface area contributed by atoms with Gasteiger partial charge in [-0.1, -0.05) is 6.92 Å². The highest BCUT2D eigenvalue weighted by Crippen LogP contribution is 2.47. The number of ether oxygens (including phenoxy) is 1. The molecule has 0 radical (unpaired) electrons. The number of nitrogens with one attached hydrogen (secondary N) is 4. The van der Waals surface area contributed by atoms with Crippen LogP contribution in [0.15, 0.2) is 65.5 Å². The number of nitrogens with zero attached hydrogens (tertiary/aromatic N) is 9. The van der Waals surface area contributed by atoms with Gasteiger partial charge in [-0.25, -0.2) is 13.4 Å². The van der Waals surface area contributed by atoms with Gasteiger partial charge in [0.05, 0.1) is 40.4 Å². The number of imide groups is 1. The molecule has 1 unspecified atom stereocenters. The highest BCUT2D eigenvalue weighted by atomic mass is 79.9. The average molecular weight is 1110 g/mol. The summed E-state index contributed by atoms with van der Waals surface area (Å²) in [7, 11) is -1.97. The van der Waals surface area contributed by atoms with E-state index < -0.39 is 16.1 Å². The molecule has 1 spiro atoms. The fourth-order valence-corrected chi connectivity index (χ4v) is 13.5. The Kier molecular flexibility index (Phi) is 14.3. The molecule has 2 aromatic heterocycles. The Bertz CT molecular complexity index is 3110. The zero-order chi connectivity index (χ0) is 52.0. The van der Waals surface area contributed by atoms with Crippen LogP contribution in [-0.2, 0) is 32.6 Å². The number of piperidine rings is 3. The first-order valence-electron chi connectivity index (χ1n) is 26.5. The average Bonchev–Trinajstić information content (AvgIpc) is 3.75. The fraction of sp³-hybridized carbons (Fsp3) is 0.500. The highest BCUT2D eigenvalue weighted by Gasteiger charge is 2.42. The van der Waals surface area contributed by atoms with E-state index in [1.807, 2.05) is 6.07 Å². The number of fused-ring (bicyclic) bond motifs is 2. The van der Waals surface area contributed by atoms with Gasteiger partial charge in [-0.2, -0.15) is 4.98 Å². The number of aryl methyl sites for hydroxylation is 1. The molecule has 1 saturated carbocycles. The van der Waals surface area contributed by atoms with Crippen LogP contribution in [0, 0.1) is 5.41 Å². The Morgan fingerprint density at radius 3 is 2.21 bits per heavy atom. The van der Waals surface area contributed by atoms with Gasteiger partial charge in [0.1, 0.15) is 23.1 Å². The summed E-state index contributed by atoms with van der Waals surface area (Å²) in [5.41, 5.74) is 8.00. The zero-order valence-corrected chi connectivity index (χ0v) is 45.3. The molecule has 5 aliphatic heterocycles. The molecule has 5 fully saturated rings. The third-order valence-corrected chi connectivity index (χ3v) is 18.0. The topological polar surface area (TPSA) is 210 Å². The minimum absolute atomic E-state index is 0.119. The van der Waals surface area contributed by atoms with E-state index in [-0.39, 0.29) is 29.8 Å². The van der Waals surface area contributed by atoms with Gasteiger partial charge in [0.2, 0.25) is 27.8 Å². The highest BCUT2D eigenvalue weighted by molar-refractivity contribution is 9.10. The number of aromatic nitrogens is 4. The Labute approximate surface area is 446 Å². The van der Waals surface area contributed by atoms with E-state index in [0.29, 0.717) is 74.7 Å². The molecule has 19 nitrogen and oxygen atoms in total. The summed E-state index contributed by atoms with van der Waals surface area (Å²) in [5.74, 6) is 0.670. The van der Waals surface area contributed by atoms with Gasteiger partial charge >= 0.3 is 0 Å². The summed E-state index contributed by atoms with van der Waals surface area (Å²) in [4.78, 5) is 67.8. The van der Waals surface area contributed by atoms with Crippen LogP contribution < -0.4 is 35.2 Å². The molecule has 5 aromatic rings. The van der Waals surface area contributed by atoms with Crippen LogP contribution in [-0.4, -0.2) is 145 Å². The first kappa shape index (κ1) is 51.0. The number of benzene rings is 3. The smallest absolute Gasteiger partial charge is 0.255 e. The van der Waals surface area contributed by atoms with Gasteiger partial charge < -0.3 is 30.1 Å². The van der Waals surface area contributed by atoms with Crippen molar-refractivity contribution in [1.82, 2.24) is 40.0 Å². The zero-order valence-electron chi connectivity index (χ0n) is 42.9. The molecule has 6 aliphatic rings. The predicted octanol–water partition coefficient (Wildman–Crippen LogP) is 7.19. The van der Waals surface area contributed by atoms with Crippen LogP contribution in [0.1, 0.15) is 92.6 Å². The molecule has 21 heteroatoms. The van der Waals surface area contributed by atoms with Crippen LogP contribution in [0.3, 0.4) is 0 Å². The second-order valence-electron chi connectivity index (χ2n) is 21.2. The van der Waals surface area contributed by atoms with Crippen molar-refractivity contribution in [3.05, 3.63) is 82.2 Å². The third kappa shape index (κ3) is 10.7. The predicted molar refractivity (Wildman–Crippen MR) is 294 cm³/mol. The number of piperazine rings is 1. The molecule has 11 rings (SSSR count). The van der Waals surface area contributed by atoms with E-state index >= 15 is 0 Å². The number of methoxy groups -OCH3 is 1. The van der Waals surface area contributed by atoms with Gasteiger partial charge in [-0.3, -0.25) is 44.2 Å². The molecule has 1 aliphatic carbocycles. The van der Waals surface area contributed by atoms with Gasteiger partial charge in [0.25, 0.3) is 5.91 Å². The molecule has 4 saturated heterocycles. The lowest BCUT2D eigenvalue weighted by Gasteiger charge is -2.50. The quantitative estimate of drug-likeness (QED) is 0.0860. The lowest BCUT2D eigenvalue weighted by molar-refractivity contribution is -0.136. The molecule has 3 aromatic carbocycles. The molecular formula is C54H66BrN13O6S.